The molecule has 8 nitrogen and oxygen atoms in total. The molecule has 0 aliphatic rings. The highest BCUT2D eigenvalue weighted by Crippen LogP contribution is 2.14. The molecular formula is C59H99NO7. The van der Waals surface area contributed by atoms with Crippen molar-refractivity contribution in [1.29, 1.82) is 0 Å². The summed E-state index contributed by atoms with van der Waals surface area (Å²) in [4.78, 5) is 37.1. The molecule has 0 aliphatic heterocycles. The van der Waals surface area contributed by atoms with Crippen LogP contribution in [0.3, 0.4) is 0 Å². The topological polar surface area (TPSA) is 102 Å². The molecule has 8 heteroatoms. The number of carboxylic acids is 1. The van der Waals surface area contributed by atoms with Crippen LogP contribution >= 0.6 is 0 Å². The van der Waals surface area contributed by atoms with Crippen molar-refractivity contribution in [2.24, 2.45) is 0 Å². The SMILES string of the molecule is CCCCC/C=C/C/C=C/C/C=C/C/C=C/C/C=C/CCCCC(=O)OC(COCCC(C(=O)[O-])[N+](C)(C)C)COC(=O)CCCCCCCCCCC/C=C/C/C=C/C/C=C/CCCCC. The molecular weight excluding hydrogens is 835 g/mol. The van der Waals surface area contributed by atoms with E-state index in [2.05, 4.69) is 111 Å². The summed E-state index contributed by atoms with van der Waals surface area (Å²) in [6, 6.07) is -0.741. The minimum absolute atomic E-state index is 0.0159. The first-order valence-corrected chi connectivity index (χ1v) is 26.8. The zero-order chi connectivity index (χ0) is 49.2. The van der Waals surface area contributed by atoms with E-state index in [0.717, 1.165) is 77.0 Å². The maximum absolute atomic E-state index is 12.8. The van der Waals surface area contributed by atoms with Crippen LogP contribution in [0.15, 0.2) is 97.2 Å². The normalized spacial score (nSPS) is 13.6. The number of aliphatic carboxylic acids is 1. The molecule has 0 aliphatic carbocycles. The van der Waals surface area contributed by atoms with Crippen LogP contribution in [0, 0.1) is 0 Å². The van der Waals surface area contributed by atoms with Crippen LogP contribution in [0.1, 0.15) is 206 Å². The van der Waals surface area contributed by atoms with Gasteiger partial charge in [0.25, 0.3) is 0 Å². The molecule has 0 amide bonds. The van der Waals surface area contributed by atoms with E-state index in [1.165, 1.54) is 89.9 Å². The molecule has 2 atom stereocenters. The number of carbonyl (C=O) groups excluding carboxylic acids is 3. The molecule has 0 aromatic heterocycles. The Morgan fingerprint density at radius 3 is 1.19 bits per heavy atom. The fourth-order valence-corrected chi connectivity index (χ4v) is 7.27. The number of nitrogens with zero attached hydrogens (tertiary/aromatic N) is 1. The van der Waals surface area contributed by atoms with Gasteiger partial charge < -0.3 is 28.6 Å². The predicted molar refractivity (Wildman–Crippen MR) is 281 cm³/mol. The number of carboxylic acid groups (broad SMARTS) is 1. The van der Waals surface area contributed by atoms with Gasteiger partial charge in [0, 0.05) is 19.3 Å². The standard InChI is InChI=1S/C59H99NO7/c1-6-8-10-12-14-16-18-20-22-24-26-28-30-31-33-35-37-39-41-43-45-47-49-57(61)66-54-55(53-65-52-51-56(59(63)64)60(3,4)5)67-58(62)50-48-46-44-42-40-38-36-34-32-29-27-25-23-21-19-17-15-13-11-9-7-2/h14-17,20-23,26-29,34,36,40,42,55-56H,6-13,18-19,24-25,30-33,35,37-39,41,43-54H2,1-5H3/b16-14+,17-15+,22-20+,23-21+,28-26+,29-27+,36-34+,42-40+. The molecule has 0 fully saturated rings. The summed E-state index contributed by atoms with van der Waals surface area (Å²) in [6.45, 7) is 4.55. The van der Waals surface area contributed by atoms with Gasteiger partial charge in [-0.05, 0) is 103 Å². The van der Waals surface area contributed by atoms with Crippen LogP contribution in [0.25, 0.3) is 0 Å². The third-order valence-corrected chi connectivity index (χ3v) is 11.4. The Bertz CT molecular complexity index is 1410. The van der Waals surface area contributed by atoms with Crippen molar-refractivity contribution in [1.82, 2.24) is 0 Å². The van der Waals surface area contributed by atoms with Crippen LogP contribution in [0.5, 0.6) is 0 Å². The van der Waals surface area contributed by atoms with E-state index in [-0.39, 0.29) is 49.1 Å². The lowest BCUT2D eigenvalue weighted by atomic mass is 10.1. The predicted octanol–water partition coefficient (Wildman–Crippen LogP) is 14.5. The molecule has 0 heterocycles. The van der Waals surface area contributed by atoms with E-state index in [9.17, 15) is 19.5 Å². The van der Waals surface area contributed by atoms with Gasteiger partial charge in [0.15, 0.2) is 6.10 Å². The maximum atomic E-state index is 12.8. The quantitative estimate of drug-likeness (QED) is 0.0259. The van der Waals surface area contributed by atoms with Gasteiger partial charge in [-0.15, -0.1) is 0 Å². The van der Waals surface area contributed by atoms with Gasteiger partial charge in [-0.1, -0.05) is 182 Å². The lowest BCUT2D eigenvalue weighted by molar-refractivity contribution is -0.889. The molecule has 0 aromatic rings. The maximum Gasteiger partial charge on any atom is 0.306 e. The fraction of sp³-hybridized carbons (Fsp3) is 0.678. The van der Waals surface area contributed by atoms with Gasteiger partial charge in [-0.25, -0.2) is 0 Å². The second kappa shape index (κ2) is 48.7. The first-order valence-electron chi connectivity index (χ1n) is 26.8. The zero-order valence-corrected chi connectivity index (χ0v) is 43.5. The number of allylic oxidation sites excluding steroid dienone is 16. The number of unbranched alkanes of at least 4 members (excludes halogenated alkanes) is 17. The first-order chi connectivity index (χ1) is 32.6. The summed E-state index contributed by atoms with van der Waals surface area (Å²) in [7, 11) is 5.39. The Balaban J connectivity index is 4.34. The monoisotopic (exact) mass is 934 g/mol. The highest BCUT2D eigenvalue weighted by atomic mass is 16.6. The Kier molecular flexibility index (Phi) is 46.0. The molecule has 382 valence electrons. The summed E-state index contributed by atoms with van der Waals surface area (Å²) in [5.41, 5.74) is 0. The number of rotatable bonds is 47. The molecule has 67 heavy (non-hydrogen) atoms. The van der Waals surface area contributed by atoms with E-state index >= 15 is 0 Å². The van der Waals surface area contributed by atoms with Crippen LogP contribution in [0.2, 0.25) is 0 Å². The second-order valence-electron chi connectivity index (χ2n) is 18.8. The van der Waals surface area contributed by atoms with Crippen molar-refractivity contribution in [2.75, 3.05) is 41.0 Å². The average Bonchev–Trinajstić information content (AvgIpc) is 3.29. The number of quaternary nitrogens is 1. The summed E-state index contributed by atoms with van der Waals surface area (Å²) >= 11 is 0. The number of hydrogen-bond acceptors (Lipinski definition) is 7. The van der Waals surface area contributed by atoms with Crippen LogP contribution < -0.4 is 5.11 Å². The van der Waals surface area contributed by atoms with E-state index in [0.29, 0.717) is 12.8 Å². The second-order valence-corrected chi connectivity index (χ2v) is 18.8. The lowest BCUT2D eigenvalue weighted by Crippen LogP contribution is -2.55. The fourth-order valence-electron chi connectivity index (χ4n) is 7.27. The summed E-state index contributed by atoms with van der Waals surface area (Å²) in [5, 5.41) is 11.7. The van der Waals surface area contributed by atoms with E-state index in [1.807, 2.05) is 0 Å². The molecule has 0 rings (SSSR count). The van der Waals surface area contributed by atoms with Gasteiger partial charge in [0.1, 0.15) is 12.6 Å². The van der Waals surface area contributed by atoms with E-state index < -0.39 is 18.1 Å². The van der Waals surface area contributed by atoms with E-state index in [1.54, 1.807) is 21.1 Å². The van der Waals surface area contributed by atoms with Crippen molar-refractivity contribution in [3.05, 3.63) is 97.2 Å². The van der Waals surface area contributed by atoms with Gasteiger partial charge in [-0.3, -0.25) is 9.59 Å². The number of hydrogen-bond donors (Lipinski definition) is 0. The third-order valence-electron chi connectivity index (χ3n) is 11.4. The minimum atomic E-state index is -1.14. The first kappa shape index (κ1) is 63.2. The number of esters is 2. The Morgan fingerprint density at radius 1 is 0.448 bits per heavy atom. The molecule has 0 spiro atoms. The molecule has 0 bridgehead atoms. The number of likely N-dealkylation sites (N-methyl/N-ethyl adjacent to an activating group) is 1. The Morgan fingerprint density at radius 2 is 0.791 bits per heavy atom. The Hall–Kier alpha value is -3.75. The van der Waals surface area contributed by atoms with Crippen molar-refractivity contribution >= 4 is 17.9 Å². The summed E-state index contributed by atoms with van der Waals surface area (Å²) in [5.74, 6) is -1.80. The zero-order valence-electron chi connectivity index (χ0n) is 43.5. The molecule has 0 saturated heterocycles. The Labute approximate surface area is 411 Å². The largest absolute Gasteiger partial charge is 0.544 e. The number of ether oxygens (including phenoxy) is 3. The minimum Gasteiger partial charge on any atom is -0.544 e. The van der Waals surface area contributed by atoms with Crippen LogP contribution in [-0.2, 0) is 28.6 Å². The lowest BCUT2D eigenvalue weighted by Gasteiger charge is -2.34. The highest BCUT2D eigenvalue weighted by Gasteiger charge is 2.25. The van der Waals surface area contributed by atoms with Gasteiger partial charge >= 0.3 is 11.9 Å². The molecule has 0 N–H and O–H groups in total. The molecule has 0 aromatic carbocycles. The van der Waals surface area contributed by atoms with E-state index in [4.69, 9.17) is 14.2 Å². The van der Waals surface area contributed by atoms with Gasteiger partial charge in [0.2, 0.25) is 0 Å². The number of carbonyl (C=O) groups is 3. The average molecular weight is 934 g/mol. The third kappa shape index (κ3) is 47.1. The highest BCUT2D eigenvalue weighted by molar-refractivity contribution is 5.70. The summed E-state index contributed by atoms with van der Waals surface area (Å²) in [6.07, 6.45) is 65.8. The van der Waals surface area contributed by atoms with Crippen molar-refractivity contribution in [3.8, 4) is 0 Å². The molecule has 0 saturated carbocycles. The van der Waals surface area contributed by atoms with Crippen LogP contribution in [0.4, 0.5) is 0 Å². The molecule has 2 unspecified atom stereocenters. The van der Waals surface area contributed by atoms with Gasteiger partial charge in [0.05, 0.1) is 40.3 Å². The van der Waals surface area contributed by atoms with Crippen molar-refractivity contribution in [2.45, 2.75) is 219 Å². The summed E-state index contributed by atoms with van der Waals surface area (Å²) < 4.78 is 17.2. The van der Waals surface area contributed by atoms with Gasteiger partial charge in [-0.2, -0.15) is 0 Å². The smallest absolute Gasteiger partial charge is 0.306 e. The van der Waals surface area contributed by atoms with Crippen LogP contribution in [-0.4, -0.2) is 75.5 Å². The van der Waals surface area contributed by atoms with Crippen molar-refractivity contribution < 1.29 is 38.2 Å². The molecule has 0 radical (unpaired) electrons. The van der Waals surface area contributed by atoms with Crippen molar-refractivity contribution in [3.63, 3.8) is 0 Å².